The highest BCUT2D eigenvalue weighted by molar-refractivity contribution is 5.95. The topological polar surface area (TPSA) is 53.6 Å². The molecule has 1 fully saturated rings. The lowest BCUT2D eigenvalue weighted by molar-refractivity contribution is 0.0953. The molecular weight excluding hydrogens is 398 g/mol. The van der Waals surface area contributed by atoms with E-state index in [1.807, 2.05) is 37.5 Å². The molecule has 2 N–H and O–H groups in total. The fourth-order valence-corrected chi connectivity index (χ4v) is 3.72. The van der Waals surface area contributed by atoms with Crippen molar-refractivity contribution in [1.82, 2.24) is 10.6 Å². The van der Waals surface area contributed by atoms with Crippen molar-refractivity contribution in [2.24, 2.45) is 0 Å². The van der Waals surface area contributed by atoms with Crippen molar-refractivity contribution in [3.05, 3.63) is 77.6 Å². The maximum absolute atomic E-state index is 12.8. The number of anilines is 1. The third-order valence-electron chi connectivity index (χ3n) is 5.47. The average molecular weight is 432 g/mol. The number of benzene rings is 1. The summed E-state index contributed by atoms with van der Waals surface area (Å²) < 4.78 is 5.50. The van der Waals surface area contributed by atoms with Crippen LogP contribution >= 0.6 is 0 Å². The van der Waals surface area contributed by atoms with Crippen LogP contribution in [0.2, 0.25) is 0 Å². The maximum Gasteiger partial charge on any atom is 0.251 e. The van der Waals surface area contributed by atoms with Crippen LogP contribution in [0.25, 0.3) is 0 Å². The zero-order valence-electron chi connectivity index (χ0n) is 19.0. The summed E-state index contributed by atoms with van der Waals surface area (Å²) in [4.78, 5) is 15.1. The zero-order chi connectivity index (χ0) is 22.6. The first-order valence-electron chi connectivity index (χ1n) is 11.3. The molecule has 1 amide bonds. The molecule has 1 aromatic rings. The molecule has 0 aromatic heterocycles. The number of rotatable bonds is 8. The maximum atomic E-state index is 12.8. The quantitative estimate of drug-likeness (QED) is 0.372. The van der Waals surface area contributed by atoms with Gasteiger partial charge in [-0.1, -0.05) is 42.7 Å². The van der Waals surface area contributed by atoms with E-state index in [0.717, 1.165) is 61.2 Å². The summed E-state index contributed by atoms with van der Waals surface area (Å²) >= 11 is 0. The number of allylic oxidation sites excluding steroid dienone is 6. The Kier molecular flexibility index (Phi) is 9.21. The van der Waals surface area contributed by atoms with Gasteiger partial charge >= 0.3 is 0 Å². The Morgan fingerprint density at radius 1 is 1.25 bits per heavy atom. The van der Waals surface area contributed by atoms with Gasteiger partial charge in [0.2, 0.25) is 0 Å². The van der Waals surface area contributed by atoms with Crippen LogP contribution in [-0.2, 0) is 4.74 Å². The van der Waals surface area contributed by atoms with Crippen molar-refractivity contribution in [3.63, 3.8) is 0 Å². The van der Waals surface area contributed by atoms with Crippen molar-refractivity contribution >= 4 is 11.6 Å². The molecule has 0 atom stereocenters. The molecule has 0 spiro atoms. The second kappa shape index (κ2) is 12.6. The van der Waals surface area contributed by atoms with Gasteiger partial charge in [0.1, 0.15) is 0 Å². The lowest BCUT2D eigenvalue weighted by Gasteiger charge is -2.30. The largest absolute Gasteiger partial charge is 0.394 e. The number of hydrogen-bond acceptors (Lipinski definition) is 4. The van der Waals surface area contributed by atoms with Crippen LogP contribution in [-0.4, -0.2) is 45.8 Å². The van der Waals surface area contributed by atoms with E-state index < -0.39 is 0 Å². The first-order valence-corrected chi connectivity index (χ1v) is 11.3. The molecule has 1 saturated heterocycles. The van der Waals surface area contributed by atoms with Crippen LogP contribution in [0.4, 0.5) is 5.69 Å². The first kappa shape index (κ1) is 23.4. The van der Waals surface area contributed by atoms with Gasteiger partial charge in [0.25, 0.3) is 5.91 Å². The van der Waals surface area contributed by atoms with Crippen molar-refractivity contribution in [2.45, 2.75) is 25.7 Å². The number of hydrogen-bond donors (Lipinski definition) is 2. The van der Waals surface area contributed by atoms with Crippen LogP contribution in [0, 0.1) is 11.8 Å². The number of morpholine rings is 1. The van der Waals surface area contributed by atoms with Gasteiger partial charge < -0.3 is 20.3 Å². The molecule has 1 aromatic carbocycles. The summed E-state index contributed by atoms with van der Waals surface area (Å²) in [5.74, 6) is 6.53. The van der Waals surface area contributed by atoms with E-state index in [0.29, 0.717) is 25.3 Å². The minimum atomic E-state index is -0.0731. The van der Waals surface area contributed by atoms with Crippen LogP contribution in [0.3, 0.4) is 0 Å². The predicted octanol–water partition coefficient (Wildman–Crippen LogP) is 3.95. The van der Waals surface area contributed by atoms with Gasteiger partial charge in [0, 0.05) is 43.4 Å². The van der Waals surface area contributed by atoms with Crippen molar-refractivity contribution < 1.29 is 9.53 Å². The van der Waals surface area contributed by atoms with Gasteiger partial charge in [0.15, 0.2) is 0 Å². The van der Waals surface area contributed by atoms with E-state index in [1.54, 1.807) is 0 Å². The number of ether oxygens (including phenoxy) is 1. The van der Waals surface area contributed by atoms with E-state index in [2.05, 4.69) is 52.2 Å². The van der Waals surface area contributed by atoms with Crippen molar-refractivity contribution in [3.8, 4) is 11.8 Å². The molecule has 0 bridgehead atoms. The normalized spacial score (nSPS) is 16.0. The third-order valence-corrected chi connectivity index (χ3v) is 5.47. The van der Waals surface area contributed by atoms with Crippen LogP contribution in [0.15, 0.2) is 66.4 Å². The summed E-state index contributed by atoms with van der Waals surface area (Å²) in [7, 11) is 1.87. The highest BCUT2D eigenvalue weighted by Crippen LogP contribution is 2.23. The highest BCUT2D eigenvalue weighted by Gasteiger charge is 2.16. The van der Waals surface area contributed by atoms with Gasteiger partial charge in [-0.3, -0.25) is 4.79 Å². The van der Waals surface area contributed by atoms with Crippen LogP contribution in [0.1, 0.15) is 41.6 Å². The summed E-state index contributed by atoms with van der Waals surface area (Å²) in [6.45, 7) is 7.50. The smallest absolute Gasteiger partial charge is 0.251 e. The van der Waals surface area contributed by atoms with E-state index in [-0.39, 0.29) is 5.91 Å². The Balaban J connectivity index is 1.72. The standard InChI is InChI=1S/C27H33N3O2/c1-3-22(21-28-2)10-7-15-29-27(31)25-13-14-26(30-16-18-32-19-17-30)24(20-25)12-11-23-8-5-4-6-9-23/h3,5,8-9,13-14,20-21,28H,1,4,6-7,10,15-19H2,2H3,(H,29,31)/b22-21+. The molecule has 168 valence electrons. The second-order valence-electron chi connectivity index (χ2n) is 7.79. The van der Waals surface area contributed by atoms with E-state index in [9.17, 15) is 4.79 Å². The Hall–Kier alpha value is -3.23. The van der Waals surface area contributed by atoms with Crippen LogP contribution in [0.5, 0.6) is 0 Å². The Bertz CT molecular complexity index is 957. The number of nitrogens with one attached hydrogen (secondary N) is 2. The molecule has 3 rings (SSSR count). The Labute approximate surface area is 191 Å². The molecule has 0 radical (unpaired) electrons. The summed E-state index contributed by atoms with van der Waals surface area (Å²) in [5, 5.41) is 6.04. The van der Waals surface area contributed by atoms with Gasteiger partial charge in [-0.05, 0) is 55.7 Å². The van der Waals surface area contributed by atoms with E-state index in [4.69, 9.17) is 4.74 Å². The van der Waals surface area contributed by atoms with E-state index >= 15 is 0 Å². The fraction of sp³-hybridized carbons (Fsp3) is 0.370. The van der Waals surface area contributed by atoms with Crippen LogP contribution < -0.4 is 15.5 Å². The molecule has 5 heteroatoms. The summed E-state index contributed by atoms with van der Waals surface area (Å²) in [6, 6.07) is 5.82. The molecular formula is C27H33N3O2. The number of amides is 1. The number of carbonyl (C=O) groups is 1. The molecule has 1 aliphatic heterocycles. The molecule has 5 nitrogen and oxygen atoms in total. The van der Waals surface area contributed by atoms with Gasteiger partial charge in [0.05, 0.1) is 18.9 Å². The minimum absolute atomic E-state index is 0.0731. The highest BCUT2D eigenvalue weighted by atomic mass is 16.5. The Morgan fingerprint density at radius 3 is 2.81 bits per heavy atom. The molecule has 2 aliphatic rings. The van der Waals surface area contributed by atoms with Gasteiger partial charge in [-0.25, -0.2) is 0 Å². The molecule has 0 saturated carbocycles. The lowest BCUT2D eigenvalue weighted by atomic mass is 10.0. The molecule has 32 heavy (non-hydrogen) atoms. The minimum Gasteiger partial charge on any atom is -0.394 e. The van der Waals surface area contributed by atoms with Gasteiger partial charge in [-0.2, -0.15) is 0 Å². The van der Waals surface area contributed by atoms with E-state index in [1.165, 1.54) is 0 Å². The molecule has 0 unspecified atom stereocenters. The number of nitrogens with zero attached hydrogens (tertiary/aromatic N) is 1. The molecule has 1 aliphatic carbocycles. The first-order chi connectivity index (χ1) is 15.7. The average Bonchev–Trinajstić information content (AvgIpc) is 2.85. The zero-order valence-corrected chi connectivity index (χ0v) is 19.0. The third kappa shape index (κ3) is 6.90. The summed E-state index contributed by atoms with van der Waals surface area (Å²) in [5.41, 5.74) is 4.73. The fourth-order valence-electron chi connectivity index (χ4n) is 3.72. The monoisotopic (exact) mass is 431 g/mol. The van der Waals surface area contributed by atoms with Gasteiger partial charge in [-0.15, -0.1) is 0 Å². The van der Waals surface area contributed by atoms with Crippen molar-refractivity contribution in [1.29, 1.82) is 0 Å². The SMILES string of the molecule is C=C/C(=C\NC)CCCNC(=O)c1ccc(N2CCOCC2)c(C#CC2=CCCC=C2)c1. The number of carbonyl (C=O) groups excluding carboxylic acids is 1. The molecule has 1 heterocycles. The summed E-state index contributed by atoms with van der Waals surface area (Å²) in [6.07, 6.45) is 14.0. The van der Waals surface area contributed by atoms with Crippen molar-refractivity contribution in [2.75, 3.05) is 44.8 Å². The predicted molar refractivity (Wildman–Crippen MR) is 132 cm³/mol. The second-order valence-corrected chi connectivity index (χ2v) is 7.79. The lowest BCUT2D eigenvalue weighted by Crippen LogP contribution is -2.36. The Morgan fingerprint density at radius 2 is 2.09 bits per heavy atom.